The Morgan fingerprint density at radius 2 is 2.12 bits per heavy atom. The third-order valence-electron chi connectivity index (χ3n) is 3.23. The Morgan fingerprint density at radius 3 is 2.71 bits per heavy atom. The van der Waals surface area contributed by atoms with Gasteiger partial charge in [-0.1, -0.05) is 17.7 Å². The zero-order valence-corrected chi connectivity index (χ0v) is 10.1. The summed E-state index contributed by atoms with van der Waals surface area (Å²) in [4.78, 5) is 0. The topological polar surface area (TPSA) is 33.0 Å². The van der Waals surface area contributed by atoms with E-state index < -0.39 is 5.41 Å². The first-order chi connectivity index (χ1) is 8.15. The number of hydrogen-bond donors (Lipinski definition) is 0. The summed E-state index contributed by atoms with van der Waals surface area (Å²) in [6.45, 7) is 1.21. The van der Waals surface area contributed by atoms with Crippen molar-refractivity contribution in [2.75, 3.05) is 13.2 Å². The van der Waals surface area contributed by atoms with Crippen LogP contribution in [0.4, 0.5) is 4.39 Å². The Bertz CT molecular complexity index is 449. The summed E-state index contributed by atoms with van der Waals surface area (Å²) in [7, 11) is 0. The second-order valence-corrected chi connectivity index (χ2v) is 4.82. The average Bonchev–Trinajstić information content (AvgIpc) is 2.34. The molecule has 0 bridgehead atoms. The fraction of sp³-hybridized carbons (Fsp3) is 0.462. The van der Waals surface area contributed by atoms with E-state index in [1.807, 2.05) is 0 Å². The van der Waals surface area contributed by atoms with Crippen LogP contribution in [-0.4, -0.2) is 13.2 Å². The van der Waals surface area contributed by atoms with E-state index in [9.17, 15) is 9.65 Å². The minimum Gasteiger partial charge on any atom is -0.381 e. The molecule has 0 spiro atoms. The standard InChI is InChI=1S/C13H13ClFNO/c14-12-7-11(15)2-1-10(12)8-13(9-16)3-5-17-6-4-13/h1-2,7H,3-6,8H2. The molecule has 4 heteroatoms. The summed E-state index contributed by atoms with van der Waals surface area (Å²) >= 11 is 5.99. The molecule has 1 aliphatic rings. The van der Waals surface area contributed by atoms with Crippen molar-refractivity contribution in [1.29, 1.82) is 5.26 Å². The van der Waals surface area contributed by atoms with Crippen LogP contribution in [0.15, 0.2) is 18.2 Å². The van der Waals surface area contributed by atoms with Crippen molar-refractivity contribution in [3.63, 3.8) is 0 Å². The molecular weight excluding hydrogens is 241 g/mol. The van der Waals surface area contributed by atoms with Crippen LogP contribution in [-0.2, 0) is 11.2 Å². The van der Waals surface area contributed by atoms with Gasteiger partial charge < -0.3 is 4.74 Å². The molecule has 0 N–H and O–H groups in total. The van der Waals surface area contributed by atoms with E-state index in [1.165, 1.54) is 12.1 Å². The highest BCUT2D eigenvalue weighted by Crippen LogP contribution is 2.35. The summed E-state index contributed by atoms with van der Waals surface area (Å²) in [6, 6.07) is 6.71. The van der Waals surface area contributed by atoms with Gasteiger partial charge in [0.15, 0.2) is 0 Å². The number of rotatable bonds is 2. The Labute approximate surface area is 105 Å². The number of nitriles is 1. The lowest BCUT2D eigenvalue weighted by Crippen LogP contribution is -2.30. The number of nitrogens with zero attached hydrogens (tertiary/aromatic N) is 1. The van der Waals surface area contributed by atoms with Crippen molar-refractivity contribution in [3.05, 3.63) is 34.6 Å². The van der Waals surface area contributed by atoms with Crippen molar-refractivity contribution in [2.45, 2.75) is 19.3 Å². The number of benzene rings is 1. The Hall–Kier alpha value is -1.11. The van der Waals surface area contributed by atoms with E-state index in [0.717, 1.165) is 5.56 Å². The molecule has 0 atom stereocenters. The van der Waals surface area contributed by atoms with Gasteiger partial charge in [0.1, 0.15) is 5.82 Å². The molecule has 1 aromatic carbocycles. The lowest BCUT2D eigenvalue weighted by molar-refractivity contribution is 0.0406. The molecule has 2 nitrogen and oxygen atoms in total. The first kappa shape index (κ1) is 12.3. The molecular formula is C13H13ClFNO. The number of hydrogen-bond acceptors (Lipinski definition) is 2. The Kier molecular flexibility index (Phi) is 3.66. The SMILES string of the molecule is N#CC1(Cc2ccc(F)cc2Cl)CCOCC1. The van der Waals surface area contributed by atoms with E-state index in [-0.39, 0.29) is 5.82 Å². The highest BCUT2D eigenvalue weighted by Gasteiger charge is 2.33. The van der Waals surface area contributed by atoms with Crippen molar-refractivity contribution >= 4 is 11.6 Å². The van der Waals surface area contributed by atoms with Crippen molar-refractivity contribution in [3.8, 4) is 6.07 Å². The van der Waals surface area contributed by atoms with E-state index in [2.05, 4.69) is 6.07 Å². The minimum absolute atomic E-state index is 0.350. The quantitative estimate of drug-likeness (QED) is 0.810. The van der Waals surface area contributed by atoms with Crippen molar-refractivity contribution < 1.29 is 9.13 Å². The van der Waals surface area contributed by atoms with Crippen molar-refractivity contribution in [2.24, 2.45) is 5.41 Å². The second kappa shape index (κ2) is 5.03. The molecule has 0 radical (unpaired) electrons. The molecule has 2 rings (SSSR count). The van der Waals surface area contributed by atoms with E-state index in [1.54, 1.807) is 6.07 Å². The maximum absolute atomic E-state index is 12.9. The fourth-order valence-corrected chi connectivity index (χ4v) is 2.35. The van der Waals surface area contributed by atoms with Gasteiger partial charge in [0.25, 0.3) is 0 Å². The third kappa shape index (κ3) is 2.77. The maximum atomic E-state index is 12.9. The summed E-state index contributed by atoms with van der Waals surface area (Å²) in [5, 5.41) is 9.72. The lowest BCUT2D eigenvalue weighted by atomic mass is 9.76. The highest BCUT2D eigenvalue weighted by molar-refractivity contribution is 6.31. The first-order valence-corrected chi connectivity index (χ1v) is 5.96. The number of ether oxygens (including phenoxy) is 1. The summed E-state index contributed by atoms with van der Waals surface area (Å²) in [5.41, 5.74) is 0.413. The predicted molar refractivity (Wildman–Crippen MR) is 63.2 cm³/mol. The van der Waals surface area contributed by atoms with Gasteiger partial charge in [0.2, 0.25) is 0 Å². The minimum atomic E-state index is -0.417. The average molecular weight is 254 g/mol. The lowest BCUT2D eigenvalue weighted by Gasteiger charge is -2.30. The summed E-state index contributed by atoms with van der Waals surface area (Å²) < 4.78 is 18.2. The van der Waals surface area contributed by atoms with Crippen LogP contribution >= 0.6 is 11.6 Å². The van der Waals surface area contributed by atoms with E-state index in [4.69, 9.17) is 16.3 Å². The van der Waals surface area contributed by atoms with Gasteiger partial charge in [-0.05, 0) is 37.0 Å². The van der Waals surface area contributed by atoms with E-state index >= 15 is 0 Å². The third-order valence-corrected chi connectivity index (χ3v) is 3.58. The molecule has 90 valence electrons. The molecule has 0 unspecified atom stereocenters. The molecule has 1 saturated heterocycles. The molecule has 0 aliphatic carbocycles. The zero-order valence-electron chi connectivity index (χ0n) is 9.38. The van der Waals surface area contributed by atoms with Crippen LogP contribution in [0.5, 0.6) is 0 Å². The first-order valence-electron chi connectivity index (χ1n) is 5.58. The molecule has 1 aromatic rings. The molecule has 1 aliphatic heterocycles. The Morgan fingerprint density at radius 1 is 1.41 bits per heavy atom. The van der Waals surface area contributed by atoms with Gasteiger partial charge in [0.05, 0.1) is 11.5 Å². The van der Waals surface area contributed by atoms with Crippen LogP contribution in [0.3, 0.4) is 0 Å². The van der Waals surface area contributed by atoms with Gasteiger partial charge in [-0.2, -0.15) is 5.26 Å². The normalized spacial score (nSPS) is 18.6. The van der Waals surface area contributed by atoms with Crippen LogP contribution in [0.25, 0.3) is 0 Å². The largest absolute Gasteiger partial charge is 0.381 e. The molecule has 0 aromatic heterocycles. The van der Waals surface area contributed by atoms with Crippen molar-refractivity contribution in [1.82, 2.24) is 0 Å². The second-order valence-electron chi connectivity index (χ2n) is 4.42. The van der Waals surface area contributed by atoms with Crippen LogP contribution in [0, 0.1) is 22.6 Å². The van der Waals surface area contributed by atoms with Gasteiger partial charge >= 0.3 is 0 Å². The van der Waals surface area contributed by atoms with Crippen LogP contribution < -0.4 is 0 Å². The molecule has 17 heavy (non-hydrogen) atoms. The monoisotopic (exact) mass is 253 g/mol. The Balaban J connectivity index is 2.21. The van der Waals surface area contributed by atoms with Gasteiger partial charge in [-0.3, -0.25) is 0 Å². The molecule has 1 heterocycles. The predicted octanol–water partition coefficient (Wildman–Crippen LogP) is 3.34. The summed E-state index contributed by atoms with van der Waals surface area (Å²) in [6.07, 6.45) is 1.97. The fourth-order valence-electron chi connectivity index (χ4n) is 2.12. The van der Waals surface area contributed by atoms with E-state index in [0.29, 0.717) is 37.5 Å². The van der Waals surface area contributed by atoms with Gasteiger partial charge in [0, 0.05) is 18.2 Å². The highest BCUT2D eigenvalue weighted by atomic mass is 35.5. The maximum Gasteiger partial charge on any atom is 0.124 e. The smallest absolute Gasteiger partial charge is 0.124 e. The number of halogens is 2. The van der Waals surface area contributed by atoms with Crippen LogP contribution in [0.1, 0.15) is 18.4 Å². The zero-order chi connectivity index (χ0) is 12.3. The summed E-state index contributed by atoms with van der Waals surface area (Å²) in [5.74, 6) is -0.350. The van der Waals surface area contributed by atoms with Gasteiger partial charge in [-0.15, -0.1) is 0 Å². The van der Waals surface area contributed by atoms with Gasteiger partial charge in [-0.25, -0.2) is 4.39 Å². The molecule has 0 amide bonds. The van der Waals surface area contributed by atoms with Crippen LogP contribution in [0.2, 0.25) is 5.02 Å². The molecule has 1 fully saturated rings. The molecule has 0 saturated carbocycles.